The van der Waals surface area contributed by atoms with Crippen LogP contribution in [0.3, 0.4) is 0 Å². The van der Waals surface area contributed by atoms with Crippen LogP contribution in [0.1, 0.15) is 10.5 Å². The van der Waals surface area contributed by atoms with Crippen LogP contribution >= 0.6 is 23.2 Å². The smallest absolute Gasteiger partial charge is 0.274 e. The number of imidazole rings is 1. The van der Waals surface area contributed by atoms with Crippen molar-refractivity contribution in [3.05, 3.63) is 28.3 Å². The molecule has 0 unspecified atom stereocenters. The first-order valence-electron chi connectivity index (χ1n) is 5.73. The number of carbonyl (C=O) groups excluding carboxylic acids is 1. The zero-order valence-electron chi connectivity index (χ0n) is 9.84. The topological polar surface area (TPSA) is 59.7 Å². The number of amides is 1. The van der Waals surface area contributed by atoms with Gasteiger partial charge < -0.3 is 9.64 Å². The van der Waals surface area contributed by atoms with Crippen molar-refractivity contribution >= 4 is 34.9 Å². The van der Waals surface area contributed by atoms with Crippen molar-refractivity contribution in [1.29, 1.82) is 0 Å². The fourth-order valence-electron chi connectivity index (χ4n) is 1.93. The van der Waals surface area contributed by atoms with Gasteiger partial charge >= 0.3 is 0 Å². The third kappa shape index (κ3) is 2.39. The van der Waals surface area contributed by atoms with Gasteiger partial charge in [-0.2, -0.15) is 0 Å². The second-order valence-electron chi connectivity index (χ2n) is 4.10. The number of nitrogens with zero attached hydrogens (tertiary/aromatic N) is 4. The highest BCUT2D eigenvalue weighted by Crippen LogP contribution is 2.17. The SMILES string of the molecule is O=C(c1cn2c(Cl)cc(Cl)nc2n1)N1CCOCC1. The lowest BCUT2D eigenvalue weighted by atomic mass is 10.3. The number of ether oxygens (including phenoxy) is 1. The summed E-state index contributed by atoms with van der Waals surface area (Å²) in [5.74, 6) is 0.162. The van der Waals surface area contributed by atoms with E-state index in [-0.39, 0.29) is 11.1 Å². The molecule has 2 aromatic rings. The Morgan fingerprint density at radius 2 is 2.00 bits per heavy atom. The van der Waals surface area contributed by atoms with Crippen LogP contribution in [0.15, 0.2) is 12.3 Å². The molecule has 0 spiro atoms. The van der Waals surface area contributed by atoms with Crippen LogP contribution in [0.5, 0.6) is 0 Å². The van der Waals surface area contributed by atoms with E-state index in [0.717, 1.165) is 0 Å². The second-order valence-corrected chi connectivity index (χ2v) is 4.88. The van der Waals surface area contributed by atoms with E-state index in [1.165, 1.54) is 10.5 Å². The molecule has 0 bridgehead atoms. The van der Waals surface area contributed by atoms with Gasteiger partial charge in [0.2, 0.25) is 5.78 Å². The van der Waals surface area contributed by atoms with Gasteiger partial charge in [-0.05, 0) is 0 Å². The molecule has 3 rings (SSSR count). The maximum atomic E-state index is 12.3. The molecule has 0 aliphatic carbocycles. The fourth-order valence-corrected chi connectivity index (χ4v) is 2.40. The molecular weight excluding hydrogens is 291 g/mol. The Kier molecular flexibility index (Phi) is 3.30. The molecule has 0 radical (unpaired) electrons. The minimum absolute atomic E-state index is 0.152. The van der Waals surface area contributed by atoms with E-state index in [1.807, 2.05) is 0 Å². The molecule has 2 aromatic heterocycles. The van der Waals surface area contributed by atoms with Crippen LogP contribution in [-0.2, 0) is 4.74 Å². The van der Waals surface area contributed by atoms with Gasteiger partial charge in [0.25, 0.3) is 5.91 Å². The van der Waals surface area contributed by atoms with Gasteiger partial charge in [0, 0.05) is 25.4 Å². The van der Waals surface area contributed by atoms with Crippen molar-refractivity contribution < 1.29 is 9.53 Å². The van der Waals surface area contributed by atoms with Crippen LogP contribution in [0.2, 0.25) is 10.3 Å². The first kappa shape index (κ1) is 12.7. The van der Waals surface area contributed by atoms with Crippen LogP contribution < -0.4 is 0 Å². The molecule has 1 aliphatic rings. The van der Waals surface area contributed by atoms with E-state index in [0.29, 0.717) is 42.9 Å². The molecule has 1 aliphatic heterocycles. The van der Waals surface area contributed by atoms with Gasteiger partial charge in [0.05, 0.1) is 13.2 Å². The average molecular weight is 301 g/mol. The molecule has 19 heavy (non-hydrogen) atoms. The van der Waals surface area contributed by atoms with Crippen molar-refractivity contribution in [2.45, 2.75) is 0 Å². The van der Waals surface area contributed by atoms with Crippen LogP contribution in [-0.4, -0.2) is 51.5 Å². The summed E-state index contributed by atoms with van der Waals surface area (Å²) < 4.78 is 6.74. The number of aromatic nitrogens is 3. The van der Waals surface area contributed by atoms with Crippen LogP contribution in [0.25, 0.3) is 5.78 Å². The fraction of sp³-hybridized carbons (Fsp3) is 0.364. The van der Waals surface area contributed by atoms with Gasteiger partial charge in [0.1, 0.15) is 16.0 Å². The molecule has 0 saturated carbocycles. The largest absolute Gasteiger partial charge is 0.378 e. The highest BCUT2D eigenvalue weighted by atomic mass is 35.5. The van der Waals surface area contributed by atoms with E-state index in [9.17, 15) is 4.79 Å². The maximum Gasteiger partial charge on any atom is 0.274 e. The first-order chi connectivity index (χ1) is 9.15. The Bertz CT molecular complexity index is 637. The monoisotopic (exact) mass is 300 g/mol. The molecule has 3 heterocycles. The third-order valence-corrected chi connectivity index (χ3v) is 3.36. The summed E-state index contributed by atoms with van der Waals surface area (Å²) in [7, 11) is 0. The molecule has 1 saturated heterocycles. The zero-order valence-corrected chi connectivity index (χ0v) is 11.4. The summed E-state index contributed by atoms with van der Waals surface area (Å²) >= 11 is 11.8. The summed E-state index contributed by atoms with van der Waals surface area (Å²) in [6.45, 7) is 2.22. The Hall–Kier alpha value is -1.37. The summed E-state index contributed by atoms with van der Waals surface area (Å²) in [6, 6.07) is 1.50. The lowest BCUT2D eigenvalue weighted by molar-refractivity contribution is 0.0299. The Morgan fingerprint density at radius 1 is 1.26 bits per heavy atom. The Balaban J connectivity index is 1.96. The number of halogens is 2. The second kappa shape index (κ2) is 4.96. The van der Waals surface area contributed by atoms with Gasteiger partial charge in [-0.15, -0.1) is 0 Å². The van der Waals surface area contributed by atoms with Crippen molar-refractivity contribution in [3.63, 3.8) is 0 Å². The minimum atomic E-state index is -0.152. The zero-order chi connectivity index (χ0) is 13.4. The standard InChI is InChI=1S/C11H10Cl2N4O2/c12-8-5-9(13)17-6-7(14-11(17)15-8)10(18)16-1-3-19-4-2-16/h5-6H,1-4H2. The van der Waals surface area contributed by atoms with Crippen molar-refractivity contribution in [1.82, 2.24) is 19.3 Å². The molecular formula is C11H10Cl2N4O2. The highest BCUT2D eigenvalue weighted by molar-refractivity contribution is 6.33. The third-order valence-electron chi connectivity index (χ3n) is 2.88. The van der Waals surface area contributed by atoms with E-state index >= 15 is 0 Å². The number of fused-ring (bicyclic) bond motifs is 1. The molecule has 0 N–H and O–H groups in total. The molecule has 1 amide bonds. The molecule has 6 nitrogen and oxygen atoms in total. The quantitative estimate of drug-likeness (QED) is 0.749. The number of carbonyl (C=O) groups is 1. The normalized spacial score (nSPS) is 16.0. The molecule has 0 aromatic carbocycles. The molecule has 100 valence electrons. The molecule has 1 fully saturated rings. The summed E-state index contributed by atoms with van der Waals surface area (Å²) in [6.07, 6.45) is 1.57. The Labute approximate surface area is 118 Å². The van der Waals surface area contributed by atoms with E-state index in [4.69, 9.17) is 27.9 Å². The number of morpholine rings is 1. The lowest BCUT2D eigenvalue weighted by Gasteiger charge is -2.25. The van der Waals surface area contributed by atoms with Crippen molar-refractivity contribution in [2.75, 3.05) is 26.3 Å². The molecule has 8 heteroatoms. The predicted octanol–water partition coefficient (Wildman–Crippen LogP) is 1.51. The van der Waals surface area contributed by atoms with Crippen molar-refractivity contribution in [3.8, 4) is 0 Å². The van der Waals surface area contributed by atoms with E-state index < -0.39 is 0 Å². The Morgan fingerprint density at radius 3 is 2.74 bits per heavy atom. The number of hydrogen-bond donors (Lipinski definition) is 0. The molecule has 0 atom stereocenters. The van der Waals surface area contributed by atoms with Gasteiger partial charge in [-0.3, -0.25) is 9.20 Å². The summed E-state index contributed by atoms with van der Waals surface area (Å²) in [5, 5.41) is 0.608. The van der Waals surface area contributed by atoms with Crippen molar-refractivity contribution in [2.24, 2.45) is 0 Å². The summed E-state index contributed by atoms with van der Waals surface area (Å²) in [4.78, 5) is 22.1. The number of hydrogen-bond acceptors (Lipinski definition) is 4. The van der Waals surface area contributed by atoms with Crippen LogP contribution in [0, 0.1) is 0 Å². The van der Waals surface area contributed by atoms with Gasteiger partial charge in [-0.25, -0.2) is 9.97 Å². The number of rotatable bonds is 1. The van der Waals surface area contributed by atoms with E-state index in [2.05, 4.69) is 9.97 Å². The average Bonchev–Trinajstić information content (AvgIpc) is 2.83. The highest BCUT2D eigenvalue weighted by Gasteiger charge is 2.21. The lowest BCUT2D eigenvalue weighted by Crippen LogP contribution is -2.40. The van der Waals surface area contributed by atoms with Gasteiger partial charge in [0.15, 0.2) is 0 Å². The van der Waals surface area contributed by atoms with Crippen LogP contribution in [0.4, 0.5) is 0 Å². The minimum Gasteiger partial charge on any atom is -0.378 e. The first-order valence-corrected chi connectivity index (χ1v) is 6.49. The predicted molar refractivity (Wildman–Crippen MR) is 69.7 cm³/mol. The maximum absolute atomic E-state index is 12.3. The van der Waals surface area contributed by atoms with E-state index in [1.54, 1.807) is 11.1 Å². The summed E-state index contributed by atoms with van der Waals surface area (Å²) in [5.41, 5.74) is 0.304. The van der Waals surface area contributed by atoms with Gasteiger partial charge in [-0.1, -0.05) is 23.2 Å².